The van der Waals surface area contributed by atoms with Gasteiger partial charge in [-0.15, -0.1) is 0 Å². The molecule has 6 heteroatoms. The molecule has 0 amide bonds. The molecule has 2 heterocycles. The molecule has 1 N–H and O–H groups in total. The molecular formula is C15H21NO5. The second-order valence-electron chi connectivity index (χ2n) is 5.02. The first-order valence-corrected chi connectivity index (χ1v) is 7.23. The van der Waals surface area contributed by atoms with E-state index in [4.69, 9.17) is 23.7 Å². The van der Waals surface area contributed by atoms with Crippen molar-refractivity contribution >= 4 is 0 Å². The molecule has 1 atom stereocenters. The van der Waals surface area contributed by atoms with Gasteiger partial charge in [0.15, 0.2) is 11.5 Å². The van der Waals surface area contributed by atoms with Crippen LogP contribution in [0.15, 0.2) is 12.1 Å². The van der Waals surface area contributed by atoms with Gasteiger partial charge in [0, 0.05) is 13.1 Å². The van der Waals surface area contributed by atoms with Crippen molar-refractivity contribution in [2.24, 2.45) is 0 Å². The minimum Gasteiger partial charge on any atom is -0.493 e. The fraction of sp³-hybridized carbons (Fsp3) is 0.600. The van der Waals surface area contributed by atoms with Crippen molar-refractivity contribution in [2.75, 3.05) is 46.7 Å². The van der Waals surface area contributed by atoms with E-state index in [1.807, 2.05) is 12.1 Å². The van der Waals surface area contributed by atoms with E-state index in [0.29, 0.717) is 51.1 Å². The van der Waals surface area contributed by atoms with Crippen LogP contribution in [0.2, 0.25) is 0 Å². The highest BCUT2D eigenvalue weighted by atomic mass is 16.6. The van der Waals surface area contributed by atoms with Gasteiger partial charge in [0.2, 0.25) is 5.75 Å². The van der Waals surface area contributed by atoms with Gasteiger partial charge in [-0.2, -0.15) is 0 Å². The highest BCUT2D eigenvalue weighted by molar-refractivity contribution is 5.54. The van der Waals surface area contributed by atoms with Crippen molar-refractivity contribution in [1.29, 1.82) is 0 Å². The number of fused-ring (bicyclic) bond motifs is 1. The summed E-state index contributed by atoms with van der Waals surface area (Å²) in [6, 6.07) is 3.96. The van der Waals surface area contributed by atoms with Crippen LogP contribution in [0.1, 0.15) is 5.56 Å². The molecule has 0 spiro atoms. The Morgan fingerprint density at radius 3 is 2.90 bits per heavy atom. The van der Waals surface area contributed by atoms with Crippen LogP contribution in [0, 0.1) is 0 Å². The van der Waals surface area contributed by atoms with Crippen LogP contribution in [0.5, 0.6) is 17.2 Å². The summed E-state index contributed by atoms with van der Waals surface area (Å²) in [5.41, 5.74) is 1.09. The number of methoxy groups -OCH3 is 1. The van der Waals surface area contributed by atoms with E-state index in [-0.39, 0.29) is 6.10 Å². The van der Waals surface area contributed by atoms with E-state index >= 15 is 0 Å². The maximum Gasteiger partial charge on any atom is 0.203 e. The van der Waals surface area contributed by atoms with Gasteiger partial charge in [0.1, 0.15) is 13.2 Å². The third-order valence-corrected chi connectivity index (χ3v) is 3.47. The van der Waals surface area contributed by atoms with Gasteiger partial charge in [-0.25, -0.2) is 0 Å². The summed E-state index contributed by atoms with van der Waals surface area (Å²) < 4.78 is 27.6. The lowest BCUT2D eigenvalue weighted by Crippen LogP contribution is -2.37. The molecule has 1 saturated heterocycles. The molecule has 1 aromatic rings. The van der Waals surface area contributed by atoms with E-state index in [1.165, 1.54) is 0 Å². The van der Waals surface area contributed by atoms with Crippen molar-refractivity contribution in [3.05, 3.63) is 17.7 Å². The molecule has 6 nitrogen and oxygen atoms in total. The van der Waals surface area contributed by atoms with Crippen LogP contribution in [-0.4, -0.2) is 52.8 Å². The Hall–Kier alpha value is -1.50. The second kappa shape index (κ2) is 6.98. The van der Waals surface area contributed by atoms with E-state index < -0.39 is 0 Å². The molecule has 3 rings (SSSR count). The summed E-state index contributed by atoms with van der Waals surface area (Å²) in [7, 11) is 1.64. The monoisotopic (exact) mass is 295 g/mol. The predicted molar refractivity (Wildman–Crippen MR) is 76.2 cm³/mol. The standard InChI is InChI=1S/C15H21NO5/c1-17-13-6-11(7-14-15(13)21-5-4-20-14)8-16-9-12-10-18-2-3-19-12/h6-7,12,16H,2-5,8-10H2,1H3. The average molecular weight is 295 g/mol. The molecule has 1 aromatic carbocycles. The third-order valence-electron chi connectivity index (χ3n) is 3.47. The minimum atomic E-state index is 0.123. The smallest absolute Gasteiger partial charge is 0.203 e. The van der Waals surface area contributed by atoms with Gasteiger partial charge < -0.3 is 29.0 Å². The molecule has 1 fully saturated rings. The Morgan fingerprint density at radius 1 is 1.19 bits per heavy atom. The maximum absolute atomic E-state index is 5.63. The molecule has 0 radical (unpaired) electrons. The number of hydrogen-bond acceptors (Lipinski definition) is 6. The molecule has 0 saturated carbocycles. The first kappa shape index (κ1) is 14.4. The van der Waals surface area contributed by atoms with Crippen LogP contribution < -0.4 is 19.5 Å². The SMILES string of the molecule is COc1cc(CNCC2COCCO2)cc2c1OCCO2. The maximum atomic E-state index is 5.63. The van der Waals surface area contributed by atoms with Gasteiger partial charge in [-0.3, -0.25) is 0 Å². The Bertz CT molecular complexity index is 456. The van der Waals surface area contributed by atoms with Crippen LogP contribution in [0.3, 0.4) is 0 Å². The molecule has 0 aromatic heterocycles. The first-order valence-electron chi connectivity index (χ1n) is 7.23. The number of hydrogen-bond donors (Lipinski definition) is 1. The minimum absolute atomic E-state index is 0.123. The highest BCUT2D eigenvalue weighted by Gasteiger charge is 2.19. The Morgan fingerprint density at radius 2 is 2.10 bits per heavy atom. The topological polar surface area (TPSA) is 58.2 Å². The van der Waals surface area contributed by atoms with Crippen molar-refractivity contribution in [3.63, 3.8) is 0 Å². The number of ether oxygens (including phenoxy) is 5. The second-order valence-corrected chi connectivity index (χ2v) is 5.02. The predicted octanol–water partition coefficient (Wildman–Crippen LogP) is 0.971. The summed E-state index contributed by atoms with van der Waals surface area (Å²) in [6.07, 6.45) is 0.123. The van der Waals surface area contributed by atoms with E-state index in [0.717, 1.165) is 17.9 Å². The Labute approximate surface area is 124 Å². The van der Waals surface area contributed by atoms with Crippen LogP contribution in [0.4, 0.5) is 0 Å². The van der Waals surface area contributed by atoms with Crippen molar-refractivity contribution < 1.29 is 23.7 Å². The van der Waals surface area contributed by atoms with Gasteiger partial charge in [0.25, 0.3) is 0 Å². The Kier molecular flexibility index (Phi) is 4.80. The highest BCUT2D eigenvalue weighted by Crippen LogP contribution is 2.40. The lowest BCUT2D eigenvalue weighted by Gasteiger charge is -2.24. The molecule has 116 valence electrons. The molecule has 2 aliphatic rings. The van der Waals surface area contributed by atoms with E-state index in [2.05, 4.69) is 5.32 Å². The summed E-state index contributed by atoms with van der Waals surface area (Å²) in [5, 5.41) is 3.37. The van der Waals surface area contributed by atoms with Gasteiger partial charge in [0.05, 0.1) is 33.0 Å². The Balaban J connectivity index is 1.59. The van der Waals surface area contributed by atoms with Crippen LogP contribution in [0.25, 0.3) is 0 Å². The van der Waals surface area contributed by atoms with E-state index in [1.54, 1.807) is 7.11 Å². The largest absolute Gasteiger partial charge is 0.493 e. The fourth-order valence-electron chi connectivity index (χ4n) is 2.46. The first-order chi connectivity index (χ1) is 10.4. The lowest BCUT2D eigenvalue weighted by atomic mass is 10.1. The molecular weight excluding hydrogens is 274 g/mol. The van der Waals surface area contributed by atoms with Crippen molar-refractivity contribution in [3.8, 4) is 17.2 Å². The van der Waals surface area contributed by atoms with Crippen LogP contribution >= 0.6 is 0 Å². The zero-order valence-electron chi connectivity index (χ0n) is 12.2. The lowest BCUT2D eigenvalue weighted by molar-refractivity contribution is -0.0864. The molecule has 2 aliphatic heterocycles. The van der Waals surface area contributed by atoms with Gasteiger partial charge in [-0.05, 0) is 17.7 Å². The average Bonchev–Trinajstić information content (AvgIpc) is 2.55. The number of nitrogens with one attached hydrogen (secondary N) is 1. The number of benzene rings is 1. The summed E-state index contributed by atoms with van der Waals surface area (Å²) in [4.78, 5) is 0. The zero-order valence-corrected chi connectivity index (χ0v) is 12.2. The molecule has 0 aliphatic carbocycles. The zero-order chi connectivity index (χ0) is 14.5. The molecule has 0 bridgehead atoms. The summed E-state index contributed by atoms with van der Waals surface area (Å²) in [6.45, 7) is 4.61. The summed E-state index contributed by atoms with van der Waals surface area (Å²) >= 11 is 0. The van der Waals surface area contributed by atoms with Gasteiger partial charge in [-0.1, -0.05) is 0 Å². The van der Waals surface area contributed by atoms with Gasteiger partial charge >= 0.3 is 0 Å². The molecule has 21 heavy (non-hydrogen) atoms. The third kappa shape index (κ3) is 3.58. The number of rotatable bonds is 5. The van der Waals surface area contributed by atoms with Crippen molar-refractivity contribution in [2.45, 2.75) is 12.6 Å². The van der Waals surface area contributed by atoms with Crippen LogP contribution in [-0.2, 0) is 16.0 Å². The van der Waals surface area contributed by atoms with Crippen molar-refractivity contribution in [1.82, 2.24) is 5.32 Å². The normalized spacial score (nSPS) is 21.1. The summed E-state index contributed by atoms with van der Waals surface area (Å²) in [5.74, 6) is 2.15. The van der Waals surface area contributed by atoms with E-state index in [9.17, 15) is 0 Å². The molecule has 1 unspecified atom stereocenters. The fourth-order valence-corrected chi connectivity index (χ4v) is 2.46. The quantitative estimate of drug-likeness (QED) is 0.873.